The molecule has 2 unspecified atom stereocenters. The average molecular weight is 647 g/mol. The molecule has 0 saturated carbocycles. The summed E-state index contributed by atoms with van der Waals surface area (Å²) in [5, 5.41) is 11.9. The number of fused-ring (bicyclic) bond motifs is 1. The predicted molar refractivity (Wildman–Crippen MR) is 166 cm³/mol. The van der Waals surface area contributed by atoms with Gasteiger partial charge in [0.2, 0.25) is 21.9 Å². The fraction of sp³-hybridized carbons (Fsp3) is 0.750. The molecule has 0 aliphatic carbocycles. The van der Waals surface area contributed by atoms with E-state index in [1.165, 1.54) is 0 Å². The molecule has 0 radical (unpaired) electrons. The number of likely N-dealkylation sites (tertiary alicyclic amines) is 1. The Bertz CT molecular complexity index is 1210. The van der Waals surface area contributed by atoms with Crippen LogP contribution in [-0.2, 0) is 28.6 Å². The first-order chi connectivity index (χ1) is 19.7. The topological polar surface area (TPSA) is 179 Å². The Morgan fingerprint density at radius 3 is 2.45 bits per heavy atom. The molecule has 4 N–H and O–H groups in total. The lowest BCUT2D eigenvalue weighted by Crippen LogP contribution is -2.65. The number of nitrogens with one attached hydrogen (secondary N) is 3. The largest absolute Gasteiger partial charge is 0.463 e. The molecule has 6 atom stereocenters. The Balaban J connectivity index is 1.80. The van der Waals surface area contributed by atoms with Crippen LogP contribution in [0.1, 0.15) is 41.0 Å². The summed E-state index contributed by atoms with van der Waals surface area (Å²) in [6, 6.07) is 2.44. The first-order valence-corrected chi connectivity index (χ1v) is 19.7. The minimum atomic E-state index is -3.74. The fourth-order valence-electron chi connectivity index (χ4n) is 6.33. The number of β-lactam (4-membered cyclic amide) rings is 1. The summed E-state index contributed by atoms with van der Waals surface area (Å²) in [6.45, 7) is 11.9. The predicted octanol–water partition coefficient (Wildman–Crippen LogP) is 0.564. The van der Waals surface area contributed by atoms with Gasteiger partial charge in [0.1, 0.15) is 14.7 Å². The number of carbonyl (C=O) groups is 3. The van der Waals surface area contributed by atoms with E-state index in [4.69, 9.17) is 14.1 Å². The first kappa shape index (κ1) is 34.5. The van der Waals surface area contributed by atoms with Crippen LogP contribution in [0.3, 0.4) is 0 Å². The van der Waals surface area contributed by atoms with Gasteiger partial charge in [0.05, 0.1) is 24.3 Å². The Morgan fingerprint density at radius 1 is 1.26 bits per heavy atom. The van der Waals surface area contributed by atoms with Crippen molar-refractivity contribution < 1.29 is 36.9 Å². The zero-order valence-corrected chi connectivity index (χ0v) is 28.2. The summed E-state index contributed by atoms with van der Waals surface area (Å²) >= 11 is 0. The highest BCUT2D eigenvalue weighted by Gasteiger charge is 2.61. The molecule has 2 fully saturated rings. The molecule has 0 spiro atoms. The van der Waals surface area contributed by atoms with Crippen molar-refractivity contribution in [2.45, 2.75) is 77.4 Å². The van der Waals surface area contributed by atoms with Gasteiger partial charge in [-0.2, -0.15) is 0 Å². The maximum absolute atomic E-state index is 13.6. The number of carboxylic acid groups (broad SMARTS) is 1. The number of sulfonamides is 1. The quantitative estimate of drug-likeness (QED) is 0.0723. The van der Waals surface area contributed by atoms with Gasteiger partial charge in [0.15, 0.2) is 16.3 Å². The van der Waals surface area contributed by atoms with Gasteiger partial charge in [-0.3, -0.25) is 14.4 Å². The minimum Gasteiger partial charge on any atom is -0.463 e. The lowest BCUT2D eigenvalue weighted by molar-refractivity contribution is -0.161. The maximum Gasteiger partial charge on any atom is 0.434 e. The lowest BCUT2D eigenvalue weighted by Gasteiger charge is -2.49. The van der Waals surface area contributed by atoms with E-state index >= 15 is 0 Å². The Kier molecular flexibility index (Phi) is 11.6. The van der Waals surface area contributed by atoms with Crippen LogP contribution in [0.25, 0.3) is 0 Å². The van der Waals surface area contributed by atoms with E-state index in [0.29, 0.717) is 26.1 Å². The van der Waals surface area contributed by atoms with Crippen molar-refractivity contribution in [2.24, 2.45) is 16.8 Å². The van der Waals surface area contributed by atoms with E-state index < -0.39 is 30.4 Å². The van der Waals surface area contributed by atoms with Crippen molar-refractivity contribution in [2.75, 3.05) is 25.9 Å². The fourth-order valence-corrected chi connectivity index (χ4v) is 10.0. The van der Waals surface area contributed by atoms with Gasteiger partial charge >= 0.3 is 12.1 Å². The van der Waals surface area contributed by atoms with Crippen LogP contribution < -0.4 is 15.0 Å². The van der Waals surface area contributed by atoms with Crippen LogP contribution in [-0.4, -0.2) is 108 Å². The summed E-state index contributed by atoms with van der Waals surface area (Å²) in [7, 11) is -4.28. The second-order valence-electron chi connectivity index (χ2n) is 11.2. The highest BCUT2D eigenvalue weighted by atomic mass is 32.2. The SMILES string of the molecule is BNPOC(=O)C1=C(CN2CC[C@H](N/C(=N\C(=O)O)NS(C)(=O)=O)C2)[C@H](C)[C@@H]2C([C@@H](C)O[Si](CC)(CC)CC)C(=O)N12. The lowest BCUT2D eigenvalue weighted by atomic mass is 9.77. The van der Waals surface area contributed by atoms with Gasteiger partial charge in [-0.1, -0.05) is 27.7 Å². The number of rotatable bonds is 13. The first-order valence-electron chi connectivity index (χ1n) is 14.4. The number of nitrogens with zero attached hydrogens (tertiary/aromatic N) is 3. The number of guanidine groups is 1. The van der Waals surface area contributed by atoms with Gasteiger partial charge in [-0.05, 0) is 37.0 Å². The third-order valence-corrected chi connectivity index (χ3v) is 14.4. The average Bonchev–Trinajstić information content (AvgIpc) is 3.44. The van der Waals surface area contributed by atoms with Crippen molar-refractivity contribution >= 4 is 59.2 Å². The van der Waals surface area contributed by atoms with E-state index in [9.17, 15) is 22.8 Å². The smallest absolute Gasteiger partial charge is 0.434 e. The molecule has 0 aromatic carbocycles. The van der Waals surface area contributed by atoms with Gasteiger partial charge < -0.3 is 29.3 Å². The molecule has 42 heavy (non-hydrogen) atoms. The summed E-state index contributed by atoms with van der Waals surface area (Å²) in [5.41, 5.74) is 1.10. The molecule has 18 heteroatoms. The Hall–Kier alpha value is -2.04. The summed E-state index contributed by atoms with van der Waals surface area (Å²) in [4.78, 5) is 47.8. The van der Waals surface area contributed by atoms with Crippen molar-refractivity contribution in [3.05, 3.63) is 11.3 Å². The van der Waals surface area contributed by atoms with Gasteiger partial charge in [-0.15, -0.1) is 4.99 Å². The molecule has 3 aliphatic rings. The van der Waals surface area contributed by atoms with Gasteiger partial charge in [-0.25, -0.2) is 18.0 Å². The highest BCUT2D eigenvalue weighted by molar-refractivity contribution is 7.89. The van der Waals surface area contributed by atoms with E-state index in [2.05, 4.69) is 45.7 Å². The van der Waals surface area contributed by atoms with Crippen LogP contribution in [0, 0.1) is 11.8 Å². The Morgan fingerprint density at radius 2 is 1.90 bits per heavy atom. The third-order valence-electron chi connectivity index (χ3n) is 8.61. The van der Waals surface area contributed by atoms with Crippen LogP contribution in [0.5, 0.6) is 0 Å². The molecule has 2 saturated heterocycles. The highest BCUT2D eigenvalue weighted by Crippen LogP contribution is 2.49. The molecule has 0 aromatic rings. The number of hydrogen-bond acceptors (Lipinski definition) is 9. The number of amides is 2. The second kappa shape index (κ2) is 14.2. The summed E-state index contributed by atoms with van der Waals surface area (Å²) < 4.78 is 37.6. The van der Waals surface area contributed by atoms with Crippen molar-refractivity contribution in [3.8, 4) is 0 Å². The second-order valence-corrected chi connectivity index (χ2v) is 18.6. The van der Waals surface area contributed by atoms with Gasteiger partial charge in [0, 0.05) is 31.6 Å². The van der Waals surface area contributed by atoms with E-state index in [-0.39, 0.29) is 56.5 Å². The number of hydrogen-bond donors (Lipinski definition) is 4. The van der Waals surface area contributed by atoms with Gasteiger partial charge in [0.25, 0.3) is 0 Å². The third kappa shape index (κ3) is 7.72. The molecule has 3 rings (SSSR count). The maximum atomic E-state index is 13.6. The van der Waals surface area contributed by atoms with E-state index in [0.717, 1.165) is 30.0 Å². The van der Waals surface area contributed by atoms with E-state index in [1.54, 1.807) is 12.9 Å². The monoisotopic (exact) mass is 646 g/mol. The normalized spacial score (nSPS) is 26.0. The standard InChI is InChI=1S/C24H44BN6O8PSSi/c1-7-42(8-2,9-3)39-15(5)18-19-14(4)17(20(31(19)21(18)32)22(33)38-40-29-25)13-30-11-10-16(12-30)26-23(27-24(34)35)28-41(6,36)37/h14-16,18-19,29,40H,7-13,25H2,1-6H3,(H,34,35)(H2,26,27,28)/t14-,15+,16-,18?,19+/m0/s1. The zero-order chi connectivity index (χ0) is 31.4. The van der Waals surface area contributed by atoms with Crippen molar-refractivity contribution in [3.63, 3.8) is 0 Å². The molecule has 3 heterocycles. The molecule has 3 aliphatic heterocycles. The van der Waals surface area contributed by atoms with Crippen LogP contribution in [0.2, 0.25) is 18.1 Å². The summed E-state index contributed by atoms with van der Waals surface area (Å²) in [5.74, 6) is -1.49. The molecule has 0 bridgehead atoms. The van der Waals surface area contributed by atoms with Crippen LogP contribution >= 0.6 is 8.96 Å². The van der Waals surface area contributed by atoms with Crippen LogP contribution in [0.4, 0.5) is 4.79 Å². The molecule has 0 aromatic heterocycles. The zero-order valence-electron chi connectivity index (χ0n) is 25.4. The molecule has 236 valence electrons. The van der Waals surface area contributed by atoms with Crippen LogP contribution in [0.15, 0.2) is 16.3 Å². The number of aliphatic imine (C=N–C) groups is 1. The van der Waals surface area contributed by atoms with Crippen molar-refractivity contribution in [1.29, 1.82) is 0 Å². The Labute approximate surface area is 251 Å². The van der Waals surface area contributed by atoms with E-state index in [1.807, 2.05) is 13.8 Å². The molecule has 14 nitrogen and oxygen atoms in total. The number of carbonyl (C=O) groups excluding carboxylic acids is 2. The molecular formula is C24H44BN6O8PSSi. The summed E-state index contributed by atoms with van der Waals surface area (Å²) in [6.07, 6.45) is -0.296. The minimum absolute atomic E-state index is 0.108. The van der Waals surface area contributed by atoms with Crippen molar-refractivity contribution in [1.82, 2.24) is 24.8 Å². The molecule has 2 amide bonds. The molecular weight excluding hydrogens is 602 g/mol.